The summed E-state index contributed by atoms with van der Waals surface area (Å²) in [6.45, 7) is 6.54. The lowest BCUT2D eigenvalue weighted by molar-refractivity contribution is -0.173. The molecular weight excluding hydrogens is 238 g/mol. The van der Waals surface area contributed by atoms with E-state index in [9.17, 15) is 0 Å². The van der Waals surface area contributed by atoms with Gasteiger partial charge in [-0.25, -0.2) is 0 Å². The van der Waals surface area contributed by atoms with Crippen LogP contribution in [0.15, 0.2) is 0 Å². The number of nitrogens with two attached hydrogens (primary N) is 1. The molecule has 4 fully saturated rings. The van der Waals surface area contributed by atoms with Gasteiger partial charge in [-0.1, -0.05) is 13.8 Å². The molecule has 4 aliphatic rings. The molecule has 0 aromatic heterocycles. The summed E-state index contributed by atoms with van der Waals surface area (Å²) < 4.78 is 11.5. The maximum Gasteiger partial charge on any atom is 0.157 e. The van der Waals surface area contributed by atoms with Crippen LogP contribution in [0.1, 0.15) is 52.4 Å². The minimum Gasteiger partial charge on any atom is -0.353 e. The third-order valence-corrected chi connectivity index (χ3v) is 6.06. The third-order valence-electron chi connectivity index (χ3n) is 6.06. The predicted molar refractivity (Wildman–Crippen MR) is 75.6 cm³/mol. The molecule has 0 aromatic rings. The molecule has 0 amide bonds. The topological polar surface area (TPSA) is 44.5 Å². The molecule has 0 aromatic carbocycles. The second kappa shape index (κ2) is 5.34. The molecule has 1 saturated heterocycles. The molecule has 5 atom stereocenters. The van der Waals surface area contributed by atoms with Crippen molar-refractivity contribution in [2.45, 2.75) is 64.7 Å². The van der Waals surface area contributed by atoms with Crippen LogP contribution in [0.4, 0.5) is 0 Å². The number of hydrogen-bond donors (Lipinski definition) is 1. The first-order valence-corrected chi connectivity index (χ1v) is 8.08. The van der Waals surface area contributed by atoms with E-state index in [0.29, 0.717) is 17.4 Å². The van der Waals surface area contributed by atoms with Crippen molar-refractivity contribution in [3.63, 3.8) is 0 Å². The van der Waals surface area contributed by atoms with E-state index in [4.69, 9.17) is 15.2 Å². The maximum atomic E-state index is 6.35. The molecule has 2 bridgehead atoms. The van der Waals surface area contributed by atoms with Crippen LogP contribution < -0.4 is 5.73 Å². The van der Waals surface area contributed by atoms with E-state index in [1.54, 1.807) is 0 Å². The molecule has 0 spiro atoms. The van der Waals surface area contributed by atoms with E-state index >= 15 is 0 Å². The van der Waals surface area contributed by atoms with Crippen molar-refractivity contribution in [3.05, 3.63) is 0 Å². The molecule has 1 aliphatic heterocycles. The van der Waals surface area contributed by atoms with E-state index in [1.165, 1.54) is 25.7 Å². The number of ether oxygens (including phenoxy) is 2. The summed E-state index contributed by atoms with van der Waals surface area (Å²) >= 11 is 0. The highest BCUT2D eigenvalue weighted by atomic mass is 16.7. The van der Waals surface area contributed by atoms with Crippen molar-refractivity contribution in [1.29, 1.82) is 0 Å². The standard InChI is InChI=1S/C16H29NO2/c1-16(2)11-9-13(16)12(14(17)10-11)6-8-19-15-5-3-4-7-18-15/h11-15H,3-10,17H2,1-2H3/t11-,12?,13?,14+,15?/m1/s1. The SMILES string of the molecule is CC1(C)C2C[C@@H]1C[C@H](N)C2CCOC1CCCCO1. The first-order chi connectivity index (χ1) is 9.09. The van der Waals surface area contributed by atoms with Crippen molar-refractivity contribution >= 4 is 0 Å². The van der Waals surface area contributed by atoms with Crippen molar-refractivity contribution in [2.24, 2.45) is 28.9 Å². The van der Waals surface area contributed by atoms with Crippen LogP contribution in [0.25, 0.3) is 0 Å². The Labute approximate surface area is 117 Å². The van der Waals surface area contributed by atoms with E-state index in [2.05, 4.69) is 13.8 Å². The fourth-order valence-corrected chi connectivity index (χ4v) is 4.58. The van der Waals surface area contributed by atoms with Gasteiger partial charge in [0.05, 0.1) is 6.61 Å². The Kier molecular flexibility index (Phi) is 3.89. The molecule has 4 rings (SSSR count). The van der Waals surface area contributed by atoms with Gasteiger partial charge < -0.3 is 15.2 Å². The Morgan fingerprint density at radius 1 is 1.26 bits per heavy atom. The van der Waals surface area contributed by atoms with Gasteiger partial charge in [-0.2, -0.15) is 0 Å². The highest BCUT2D eigenvalue weighted by Gasteiger charge is 2.56. The monoisotopic (exact) mass is 267 g/mol. The summed E-state index contributed by atoms with van der Waals surface area (Å²) in [5.74, 6) is 2.34. The van der Waals surface area contributed by atoms with E-state index in [-0.39, 0.29) is 6.29 Å². The van der Waals surface area contributed by atoms with Crippen molar-refractivity contribution in [1.82, 2.24) is 0 Å². The molecule has 3 aliphatic carbocycles. The zero-order valence-electron chi connectivity index (χ0n) is 12.4. The summed E-state index contributed by atoms with van der Waals surface area (Å²) in [4.78, 5) is 0. The van der Waals surface area contributed by atoms with Gasteiger partial charge in [0.15, 0.2) is 6.29 Å². The number of fused-ring (bicyclic) bond motifs is 2. The van der Waals surface area contributed by atoms with Gasteiger partial charge in [-0.3, -0.25) is 0 Å². The molecule has 3 nitrogen and oxygen atoms in total. The maximum absolute atomic E-state index is 6.35. The van der Waals surface area contributed by atoms with E-state index < -0.39 is 0 Å². The minimum atomic E-state index is 0.0516. The smallest absolute Gasteiger partial charge is 0.157 e. The molecule has 2 N–H and O–H groups in total. The number of rotatable bonds is 4. The van der Waals surface area contributed by atoms with Gasteiger partial charge in [0, 0.05) is 12.6 Å². The molecule has 3 saturated carbocycles. The van der Waals surface area contributed by atoms with E-state index in [1.807, 2.05) is 0 Å². The van der Waals surface area contributed by atoms with Crippen molar-refractivity contribution in [2.75, 3.05) is 13.2 Å². The minimum absolute atomic E-state index is 0.0516. The lowest BCUT2D eigenvalue weighted by atomic mass is 9.44. The van der Waals surface area contributed by atoms with Gasteiger partial charge >= 0.3 is 0 Å². The summed E-state index contributed by atoms with van der Waals surface area (Å²) in [6, 6.07) is 0.396. The molecular formula is C16H29NO2. The van der Waals surface area contributed by atoms with Gasteiger partial charge in [-0.05, 0) is 61.7 Å². The van der Waals surface area contributed by atoms with Crippen LogP contribution in [0.2, 0.25) is 0 Å². The summed E-state index contributed by atoms with van der Waals surface area (Å²) in [5, 5.41) is 0. The second-order valence-corrected chi connectivity index (χ2v) is 7.38. The van der Waals surface area contributed by atoms with Crippen molar-refractivity contribution < 1.29 is 9.47 Å². The fraction of sp³-hybridized carbons (Fsp3) is 1.00. The molecule has 19 heavy (non-hydrogen) atoms. The first kappa shape index (κ1) is 13.8. The van der Waals surface area contributed by atoms with Crippen LogP contribution in [0.5, 0.6) is 0 Å². The Hall–Kier alpha value is -0.120. The third kappa shape index (κ3) is 2.57. The largest absolute Gasteiger partial charge is 0.353 e. The van der Waals surface area contributed by atoms with Crippen LogP contribution in [-0.2, 0) is 9.47 Å². The zero-order valence-corrected chi connectivity index (χ0v) is 12.4. The average molecular weight is 267 g/mol. The van der Waals surface area contributed by atoms with Crippen LogP contribution in [0.3, 0.4) is 0 Å². The Morgan fingerprint density at radius 3 is 2.79 bits per heavy atom. The lowest BCUT2D eigenvalue weighted by Gasteiger charge is -2.62. The van der Waals surface area contributed by atoms with E-state index in [0.717, 1.165) is 37.9 Å². The quantitative estimate of drug-likeness (QED) is 0.851. The van der Waals surface area contributed by atoms with Gasteiger partial charge in [0.25, 0.3) is 0 Å². The first-order valence-electron chi connectivity index (χ1n) is 8.08. The Balaban J connectivity index is 1.46. The Morgan fingerprint density at radius 2 is 2.11 bits per heavy atom. The van der Waals surface area contributed by atoms with Gasteiger partial charge in [0.1, 0.15) is 0 Å². The van der Waals surface area contributed by atoms with Gasteiger partial charge in [0.2, 0.25) is 0 Å². The van der Waals surface area contributed by atoms with Gasteiger partial charge in [-0.15, -0.1) is 0 Å². The fourth-order valence-electron chi connectivity index (χ4n) is 4.58. The normalized spacial score (nSPS) is 44.7. The molecule has 0 radical (unpaired) electrons. The second-order valence-electron chi connectivity index (χ2n) is 7.38. The summed E-state index contributed by atoms with van der Waals surface area (Å²) in [7, 11) is 0. The molecule has 3 unspecified atom stereocenters. The van der Waals surface area contributed by atoms with Crippen molar-refractivity contribution in [3.8, 4) is 0 Å². The summed E-state index contributed by atoms with van der Waals surface area (Å²) in [5.41, 5.74) is 6.87. The molecule has 110 valence electrons. The summed E-state index contributed by atoms with van der Waals surface area (Å²) in [6.07, 6.45) is 7.26. The predicted octanol–water partition coefficient (Wildman–Crippen LogP) is 2.93. The highest BCUT2D eigenvalue weighted by Crippen LogP contribution is 2.61. The zero-order chi connectivity index (χ0) is 13.5. The highest BCUT2D eigenvalue weighted by molar-refractivity contribution is 5.07. The lowest BCUT2D eigenvalue weighted by Crippen LogP contribution is -2.59. The molecule has 3 heteroatoms. The van der Waals surface area contributed by atoms with Crippen LogP contribution >= 0.6 is 0 Å². The Bertz CT molecular complexity index is 312. The average Bonchev–Trinajstić information content (AvgIpc) is 2.41. The molecule has 1 heterocycles. The number of hydrogen-bond acceptors (Lipinski definition) is 3. The van der Waals surface area contributed by atoms with Crippen LogP contribution in [0, 0.1) is 23.2 Å². The van der Waals surface area contributed by atoms with Crippen LogP contribution in [-0.4, -0.2) is 25.5 Å².